The molecule has 1 atom stereocenters. The monoisotopic (exact) mass is 243 g/mol. The quantitative estimate of drug-likeness (QED) is 0.799. The number of hydrogen-bond acceptors (Lipinski definition) is 2. The molecule has 0 radical (unpaired) electrons. The van der Waals surface area contributed by atoms with Gasteiger partial charge < -0.3 is 15.2 Å². The zero-order valence-corrected chi connectivity index (χ0v) is 10.4. The molecule has 1 aromatic carbocycles. The minimum atomic E-state index is 0.126. The first kappa shape index (κ1) is 11.3. The fraction of sp³-hybridized carbons (Fsp3) is 0.357. The number of fused-ring (bicyclic) bond motifs is 1. The normalized spacial score (nSPS) is 20.3. The molecule has 0 unspecified atom stereocenters. The molecule has 2 heterocycles. The number of amides is 1. The summed E-state index contributed by atoms with van der Waals surface area (Å²) in [5, 5.41) is 4.31. The van der Waals surface area contributed by atoms with E-state index in [9.17, 15) is 4.79 Å². The van der Waals surface area contributed by atoms with Gasteiger partial charge in [0.05, 0.1) is 5.56 Å². The standard InChI is InChI=1S/C14H17N3O/c1-10-8-15-6-7-17(10)14(18)12-9-16-13-5-3-2-4-11(12)13/h2-5,9-10,15-16H,6-8H2,1H3/t10-/m1/s1. The van der Waals surface area contributed by atoms with E-state index < -0.39 is 0 Å². The van der Waals surface area contributed by atoms with Gasteiger partial charge in [-0.3, -0.25) is 4.79 Å². The van der Waals surface area contributed by atoms with E-state index in [4.69, 9.17) is 0 Å². The molecule has 1 aliphatic heterocycles. The maximum atomic E-state index is 12.6. The Balaban J connectivity index is 1.96. The van der Waals surface area contributed by atoms with Gasteiger partial charge in [0.25, 0.3) is 5.91 Å². The molecule has 94 valence electrons. The summed E-state index contributed by atoms with van der Waals surface area (Å²) in [5.41, 5.74) is 1.79. The predicted molar refractivity (Wildman–Crippen MR) is 71.7 cm³/mol. The van der Waals surface area contributed by atoms with Crippen molar-refractivity contribution in [2.24, 2.45) is 0 Å². The molecular formula is C14H17N3O. The molecule has 2 N–H and O–H groups in total. The first-order valence-corrected chi connectivity index (χ1v) is 6.35. The van der Waals surface area contributed by atoms with Crippen molar-refractivity contribution in [3.8, 4) is 0 Å². The van der Waals surface area contributed by atoms with E-state index in [0.29, 0.717) is 0 Å². The molecule has 4 heteroatoms. The SMILES string of the molecule is C[C@@H]1CNCCN1C(=O)c1c[nH]c2ccccc12. The Morgan fingerprint density at radius 3 is 3.06 bits per heavy atom. The van der Waals surface area contributed by atoms with E-state index in [1.165, 1.54) is 0 Å². The van der Waals surface area contributed by atoms with E-state index in [-0.39, 0.29) is 11.9 Å². The predicted octanol–water partition coefficient (Wildman–Crippen LogP) is 1.60. The van der Waals surface area contributed by atoms with Gasteiger partial charge in [0.2, 0.25) is 0 Å². The summed E-state index contributed by atoms with van der Waals surface area (Å²) in [6.45, 7) is 4.60. The van der Waals surface area contributed by atoms with Gasteiger partial charge in [-0.2, -0.15) is 0 Å². The van der Waals surface area contributed by atoms with Crippen LogP contribution in [0.15, 0.2) is 30.5 Å². The Bertz CT molecular complexity index is 575. The lowest BCUT2D eigenvalue weighted by molar-refractivity contribution is 0.0658. The van der Waals surface area contributed by atoms with Gasteiger partial charge in [-0.1, -0.05) is 18.2 Å². The van der Waals surface area contributed by atoms with Crippen LogP contribution in [0.1, 0.15) is 17.3 Å². The van der Waals surface area contributed by atoms with Gasteiger partial charge in [0, 0.05) is 42.8 Å². The number of para-hydroxylation sites is 1. The molecule has 0 aliphatic carbocycles. The smallest absolute Gasteiger partial charge is 0.256 e. The molecular weight excluding hydrogens is 226 g/mol. The minimum absolute atomic E-state index is 0.126. The van der Waals surface area contributed by atoms with Crippen LogP contribution in [0, 0.1) is 0 Å². The highest BCUT2D eigenvalue weighted by Gasteiger charge is 2.25. The van der Waals surface area contributed by atoms with Gasteiger partial charge in [0.1, 0.15) is 0 Å². The number of aromatic amines is 1. The Morgan fingerprint density at radius 1 is 1.39 bits per heavy atom. The van der Waals surface area contributed by atoms with E-state index >= 15 is 0 Å². The lowest BCUT2D eigenvalue weighted by Crippen LogP contribution is -2.52. The number of carbonyl (C=O) groups excluding carboxylic acids is 1. The molecule has 18 heavy (non-hydrogen) atoms. The lowest BCUT2D eigenvalue weighted by Gasteiger charge is -2.33. The number of benzene rings is 1. The Labute approximate surface area is 106 Å². The number of nitrogens with zero attached hydrogens (tertiary/aromatic N) is 1. The van der Waals surface area contributed by atoms with Crippen molar-refractivity contribution in [1.82, 2.24) is 15.2 Å². The molecule has 1 aliphatic rings. The Hall–Kier alpha value is -1.81. The second kappa shape index (κ2) is 4.46. The van der Waals surface area contributed by atoms with Crippen molar-refractivity contribution in [2.75, 3.05) is 19.6 Å². The van der Waals surface area contributed by atoms with Crippen molar-refractivity contribution in [1.29, 1.82) is 0 Å². The summed E-state index contributed by atoms with van der Waals surface area (Å²) < 4.78 is 0. The fourth-order valence-electron chi connectivity index (χ4n) is 2.55. The van der Waals surface area contributed by atoms with Crippen LogP contribution in [0.3, 0.4) is 0 Å². The van der Waals surface area contributed by atoms with Crippen LogP contribution in [0.4, 0.5) is 0 Å². The second-order valence-electron chi connectivity index (χ2n) is 4.80. The van der Waals surface area contributed by atoms with E-state index in [1.807, 2.05) is 35.4 Å². The van der Waals surface area contributed by atoms with Gasteiger partial charge in [-0.15, -0.1) is 0 Å². The van der Waals surface area contributed by atoms with Crippen LogP contribution in [0.25, 0.3) is 10.9 Å². The molecule has 0 spiro atoms. The van der Waals surface area contributed by atoms with Crippen molar-refractivity contribution in [3.63, 3.8) is 0 Å². The number of carbonyl (C=O) groups is 1. The molecule has 0 bridgehead atoms. The number of hydrogen-bond donors (Lipinski definition) is 2. The molecule has 4 nitrogen and oxygen atoms in total. The zero-order valence-electron chi connectivity index (χ0n) is 10.4. The van der Waals surface area contributed by atoms with E-state index in [2.05, 4.69) is 17.2 Å². The summed E-state index contributed by atoms with van der Waals surface area (Å²) >= 11 is 0. The van der Waals surface area contributed by atoms with Crippen LogP contribution in [-0.4, -0.2) is 41.5 Å². The fourth-order valence-corrected chi connectivity index (χ4v) is 2.55. The van der Waals surface area contributed by atoms with E-state index in [0.717, 1.165) is 36.1 Å². The Kier molecular flexibility index (Phi) is 2.80. The average molecular weight is 243 g/mol. The second-order valence-corrected chi connectivity index (χ2v) is 4.80. The number of aromatic nitrogens is 1. The van der Waals surface area contributed by atoms with Crippen LogP contribution in [-0.2, 0) is 0 Å². The van der Waals surface area contributed by atoms with Crippen molar-refractivity contribution in [2.45, 2.75) is 13.0 Å². The summed E-state index contributed by atoms with van der Waals surface area (Å²) in [6.07, 6.45) is 1.82. The summed E-state index contributed by atoms with van der Waals surface area (Å²) in [6, 6.07) is 8.17. The maximum Gasteiger partial charge on any atom is 0.256 e. The van der Waals surface area contributed by atoms with Crippen LogP contribution >= 0.6 is 0 Å². The van der Waals surface area contributed by atoms with E-state index in [1.54, 1.807) is 0 Å². The van der Waals surface area contributed by atoms with Crippen LogP contribution < -0.4 is 5.32 Å². The van der Waals surface area contributed by atoms with Crippen molar-refractivity contribution < 1.29 is 4.79 Å². The average Bonchev–Trinajstić information content (AvgIpc) is 2.82. The first-order valence-electron chi connectivity index (χ1n) is 6.35. The van der Waals surface area contributed by atoms with Gasteiger partial charge in [0.15, 0.2) is 0 Å². The molecule has 0 saturated carbocycles. The highest BCUT2D eigenvalue weighted by Crippen LogP contribution is 2.20. The highest BCUT2D eigenvalue weighted by molar-refractivity contribution is 6.06. The number of rotatable bonds is 1. The van der Waals surface area contributed by atoms with Gasteiger partial charge in [-0.25, -0.2) is 0 Å². The third kappa shape index (κ3) is 1.78. The number of H-pyrrole nitrogens is 1. The van der Waals surface area contributed by atoms with Crippen molar-refractivity contribution >= 4 is 16.8 Å². The van der Waals surface area contributed by atoms with Crippen LogP contribution in [0.2, 0.25) is 0 Å². The lowest BCUT2D eigenvalue weighted by atomic mass is 10.1. The third-order valence-electron chi connectivity index (χ3n) is 3.58. The first-order chi connectivity index (χ1) is 8.77. The largest absolute Gasteiger partial charge is 0.360 e. The molecule has 1 fully saturated rings. The number of nitrogens with one attached hydrogen (secondary N) is 2. The number of piperazine rings is 1. The topological polar surface area (TPSA) is 48.1 Å². The highest BCUT2D eigenvalue weighted by atomic mass is 16.2. The molecule has 3 rings (SSSR count). The zero-order chi connectivity index (χ0) is 12.5. The van der Waals surface area contributed by atoms with Crippen LogP contribution in [0.5, 0.6) is 0 Å². The Morgan fingerprint density at radius 2 is 2.22 bits per heavy atom. The molecule has 1 amide bonds. The third-order valence-corrected chi connectivity index (χ3v) is 3.58. The molecule has 1 aromatic heterocycles. The summed E-state index contributed by atoms with van der Waals surface area (Å²) in [7, 11) is 0. The summed E-state index contributed by atoms with van der Waals surface area (Å²) in [4.78, 5) is 17.7. The van der Waals surface area contributed by atoms with Gasteiger partial charge >= 0.3 is 0 Å². The molecule has 2 aromatic rings. The van der Waals surface area contributed by atoms with Gasteiger partial charge in [-0.05, 0) is 13.0 Å². The maximum absolute atomic E-state index is 12.6. The van der Waals surface area contributed by atoms with Crippen molar-refractivity contribution in [3.05, 3.63) is 36.0 Å². The minimum Gasteiger partial charge on any atom is -0.360 e. The summed E-state index contributed by atoms with van der Waals surface area (Å²) in [5.74, 6) is 0.126. The molecule has 1 saturated heterocycles.